The third-order valence-electron chi connectivity index (χ3n) is 4.41. The van der Waals surface area contributed by atoms with Gasteiger partial charge in [0.2, 0.25) is 0 Å². The zero-order valence-electron chi connectivity index (χ0n) is 12.8. The van der Waals surface area contributed by atoms with E-state index in [0.717, 1.165) is 17.7 Å². The number of nitrogens with one attached hydrogen (secondary N) is 2. The largest absolute Gasteiger partial charge is 0.497 e. The van der Waals surface area contributed by atoms with Crippen molar-refractivity contribution >= 4 is 10.9 Å². The standard InChI is InChI=1S/C18H19N3O/c1-11-8-15-14-9-13(22-2)5-6-16(14)21-18(15)17(20-11)12-4-3-7-19-10-12/h3-7,9-11,17,20-21H,8H2,1-2H3. The predicted molar refractivity (Wildman–Crippen MR) is 87.2 cm³/mol. The minimum atomic E-state index is 0.158. The quantitative estimate of drug-likeness (QED) is 0.763. The van der Waals surface area contributed by atoms with Gasteiger partial charge in [-0.1, -0.05) is 6.07 Å². The average Bonchev–Trinajstić information content (AvgIpc) is 2.92. The van der Waals surface area contributed by atoms with Gasteiger partial charge in [0.15, 0.2) is 0 Å². The molecule has 22 heavy (non-hydrogen) atoms. The lowest BCUT2D eigenvalue weighted by molar-refractivity contribution is 0.415. The van der Waals surface area contributed by atoms with E-state index in [0.29, 0.717) is 6.04 Å². The van der Waals surface area contributed by atoms with E-state index in [1.54, 1.807) is 7.11 Å². The first-order valence-electron chi connectivity index (χ1n) is 7.60. The molecule has 2 aromatic heterocycles. The maximum Gasteiger partial charge on any atom is 0.119 e. The predicted octanol–water partition coefficient (Wildman–Crippen LogP) is 3.20. The third kappa shape index (κ3) is 2.07. The van der Waals surface area contributed by atoms with Crippen LogP contribution < -0.4 is 10.1 Å². The second-order valence-corrected chi connectivity index (χ2v) is 5.92. The van der Waals surface area contributed by atoms with Gasteiger partial charge >= 0.3 is 0 Å². The van der Waals surface area contributed by atoms with Crippen LogP contribution in [0.1, 0.15) is 29.8 Å². The first kappa shape index (κ1) is 13.3. The number of methoxy groups -OCH3 is 1. The number of aromatic nitrogens is 2. The summed E-state index contributed by atoms with van der Waals surface area (Å²) in [7, 11) is 1.71. The van der Waals surface area contributed by atoms with Crippen LogP contribution in [0.3, 0.4) is 0 Å². The van der Waals surface area contributed by atoms with E-state index in [2.05, 4.69) is 40.4 Å². The lowest BCUT2D eigenvalue weighted by atomic mass is 9.91. The third-order valence-corrected chi connectivity index (χ3v) is 4.41. The fraction of sp³-hybridized carbons (Fsp3) is 0.278. The van der Waals surface area contributed by atoms with E-state index in [4.69, 9.17) is 4.74 Å². The van der Waals surface area contributed by atoms with Gasteiger partial charge < -0.3 is 15.0 Å². The second-order valence-electron chi connectivity index (χ2n) is 5.92. The summed E-state index contributed by atoms with van der Waals surface area (Å²) < 4.78 is 5.38. The number of hydrogen-bond donors (Lipinski definition) is 2. The minimum absolute atomic E-state index is 0.158. The van der Waals surface area contributed by atoms with Crippen LogP contribution in [-0.4, -0.2) is 23.1 Å². The summed E-state index contributed by atoms with van der Waals surface area (Å²) in [5, 5.41) is 4.94. The highest BCUT2D eigenvalue weighted by Crippen LogP contribution is 2.36. The van der Waals surface area contributed by atoms with Crippen LogP contribution >= 0.6 is 0 Å². The maximum atomic E-state index is 5.38. The molecule has 0 spiro atoms. The molecule has 112 valence electrons. The Labute approximate surface area is 129 Å². The molecular weight excluding hydrogens is 274 g/mol. The molecule has 1 aromatic carbocycles. The molecule has 4 nitrogen and oxygen atoms in total. The Hall–Kier alpha value is -2.33. The summed E-state index contributed by atoms with van der Waals surface area (Å²) in [6, 6.07) is 10.9. The Morgan fingerprint density at radius 2 is 2.18 bits per heavy atom. The maximum absolute atomic E-state index is 5.38. The molecule has 0 bridgehead atoms. The molecular formula is C18H19N3O. The lowest BCUT2D eigenvalue weighted by Crippen LogP contribution is -2.37. The Morgan fingerprint density at radius 3 is 2.95 bits per heavy atom. The molecule has 4 heteroatoms. The zero-order valence-corrected chi connectivity index (χ0v) is 12.8. The van der Waals surface area contributed by atoms with Crippen LogP contribution in [-0.2, 0) is 6.42 Å². The smallest absolute Gasteiger partial charge is 0.119 e. The van der Waals surface area contributed by atoms with Gasteiger partial charge in [-0.05, 0) is 48.7 Å². The molecule has 0 fully saturated rings. The minimum Gasteiger partial charge on any atom is -0.497 e. The highest BCUT2D eigenvalue weighted by molar-refractivity contribution is 5.86. The zero-order chi connectivity index (χ0) is 15.1. The topological polar surface area (TPSA) is 49.9 Å². The van der Waals surface area contributed by atoms with Crippen molar-refractivity contribution < 1.29 is 4.74 Å². The number of benzene rings is 1. The molecule has 2 unspecified atom stereocenters. The monoisotopic (exact) mass is 293 g/mol. The number of pyridine rings is 1. The van der Waals surface area contributed by atoms with E-state index in [-0.39, 0.29) is 6.04 Å². The van der Waals surface area contributed by atoms with Crippen molar-refractivity contribution in [2.75, 3.05) is 7.11 Å². The van der Waals surface area contributed by atoms with Gasteiger partial charge in [-0.15, -0.1) is 0 Å². The molecule has 3 heterocycles. The summed E-state index contributed by atoms with van der Waals surface area (Å²) in [4.78, 5) is 7.86. The van der Waals surface area contributed by atoms with Crippen LogP contribution in [0.5, 0.6) is 5.75 Å². The number of aromatic amines is 1. The molecule has 1 aliphatic rings. The number of hydrogen-bond acceptors (Lipinski definition) is 3. The van der Waals surface area contributed by atoms with Gasteiger partial charge in [-0.3, -0.25) is 4.98 Å². The molecule has 0 saturated heterocycles. The number of fused-ring (bicyclic) bond motifs is 3. The molecule has 3 aromatic rings. The Kier molecular flexibility index (Phi) is 3.12. The van der Waals surface area contributed by atoms with Crippen LogP contribution in [0.2, 0.25) is 0 Å². The van der Waals surface area contributed by atoms with Gasteiger partial charge in [0.1, 0.15) is 5.75 Å². The first-order chi connectivity index (χ1) is 10.8. The lowest BCUT2D eigenvalue weighted by Gasteiger charge is -2.29. The summed E-state index contributed by atoms with van der Waals surface area (Å²) in [5.41, 5.74) is 4.98. The van der Waals surface area contributed by atoms with Crippen molar-refractivity contribution in [2.24, 2.45) is 0 Å². The van der Waals surface area contributed by atoms with Gasteiger partial charge in [-0.2, -0.15) is 0 Å². The van der Waals surface area contributed by atoms with Crippen molar-refractivity contribution in [3.05, 3.63) is 59.5 Å². The Balaban J connectivity index is 1.90. The van der Waals surface area contributed by atoms with E-state index in [1.165, 1.54) is 22.2 Å². The first-order valence-corrected chi connectivity index (χ1v) is 7.60. The number of H-pyrrole nitrogens is 1. The molecule has 2 atom stereocenters. The van der Waals surface area contributed by atoms with Crippen molar-refractivity contribution in [2.45, 2.75) is 25.4 Å². The fourth-order valence-electron chi connectivity index (χ4n) is 3.38. The molecule has 4 rings (SSSR count). The summed E-state index contributed by atoms with van der Waals surface area (Å²) in [6.07, 6.45) is 4.76. The van der Waals surface area contributed by atoms with Crippen molar-refractivity contribution in [1.29, 1.82) is 0 Å². The summed E-state index contributed by atoms with van der Waals surface area (Å²) in [5.74, 6) is 0.901. The summed E-state index contributed by atoms with van der Waals surface area (Å²) >= 11 is 0. The van der Waals surface area contributed by atoms with Gasteiger partial charge in [0, 0.05) is 35.0 Å². The highest BCUT2D eigenvalue weighted by Gasteiger charge is 2.28. The van der Waals surface area contributed by atoms with Crippen molar-refractivity contribution in [1.82, 2.24) is 15.3 Å². The number of rotatable bonds is 2. The van der Waals surface area contributed by atoms with Crippen LogP contribution in [0, 0.1) is 0 Å². The van der Waals surface area contributed by atoms with E-state index in [1.807, 2.05) is 24.5 Å². The molecule has 0 saturated carbocycles. The SMILES string of the molecule is COc1ccc2[nH]c3c(c2c1)CC(C)NC3c1cccnc1. The van der Waals surface area contributed by atoms with Crippen molar-refractivity contribution in [3.63, 3.8) is 0 Å². The van der Waals surface area contributed by atoms with Gasteiger partial charge in [0.05, 0.1) is 13.2 Å². The van der Waals surface area contributed by atoms with E-state index in [9.17, 15) is 0 Å². The van der Waals surface area contributed by atoms with Crippen molar-refractivity contribution in [3.8, 4) is 5.75 Å². The molecule has 2 N–H and O–H groups in total. The summed E-state index contributed by atoms with van der Waals surface area (Å²) in [6.45, 7) is 2.23. The van der Waals surface area contributed by atoms with Crippen LogP contribution in [0.4, 0.5) is 0 Å². The van der Waals surface area contributed by atoms with Gasteiger partial charge in [0.25, 0.3) is 0 Å². The number of nitrogens with zero attached hydrogens (tertiary/aromatic N) is 1. The normalized spacial score (nSPS) is 20.8. The number of ether oxygens (including phenoxy) is 1. The van der Waals surface area contributed by atoms with E-state index >= 15 is 0 Å². The fourth-order valence-corrected chi connectivity index (χ4v) is 3.38. The van der Waals surface area contributed by atoms with E-state index < -0.39 is 0 Å². The molecule has 0 radical (unpaired) electrons. The molecule has 0 aliphatic carbocycles. The highest BCUT2D eigenvalue weighted by atomic mass is 16.5. The van der Waals surface area contributed by atoms with Gasteiger partial charge in [-0.25, -0.2) is 0 Å². The van der Waals surface area contributed by atoms with Crippen LogP contribution in [0.25, 0.3) is 10.9 Å². The molecule has 0 amide bonds. The second kappa shape index (κ2) is 5.14. The molecule has 1 aliphatic heterocycles. The Bertz CT molecular complexity index is 810. The van der Waals surface area contributed by atoms with Crippen LogP contribution in [0.15, 0.2) is 42.7 Å². The Morgan fingerprint density at radius 1 is 1.27 bits per heavy atom. The average molecular weight is 293 g/mol.